The lowest BCUT2D eigenvalue weighted by Gasteiger charge is -2.34. The first kappa shape index (κ1) is 23.2. The molecule has 0 spiro atoms. The molecule has 0 radical (unpaired) electrons. The summed E-state index contributed by atoms with van der Waals surface area (Å²) in [4.78, 5) is 0. The standard InChI is InChI=1S/C27H44O/c1-7-23-18-25(28)26-21(5)15-8-9-16-24(27(23)22(26)6)17-11-14-20(4)13-10-12-19(2)3/h13,16,18-19,21,25,27-28H,7-12,14-15,17H2,1-6H3/b20-13+,24-16-. The minimum Gasteiger partial charge on any atom is -0.385 e. The number of hydrogen-bond donors (Lipinski definition) is 1. The first-order valence-corrected chi connectivity index (χ1v) is 11.8. The number of allylic oxidation sites excluding steroid dienone is 6. The molecule has 2 rings (SSSR count). The predicted molar refractivity (Wildman–Crippen MR) is 123 cm³/mol. The highest BCUT2D eigenvalue weighted by atomic mass is 16.3. The van der Waals surface area contributed by atoms with Crippen LogP contribution in [0.5, 0.6) is 0 Å². The first-order chi connectivity index (χ1) is 13.3. The van der Waals surface area contributed by atoms with Crippen LogP contribution in [0.2, 0.25) is 0 Å². The van der Waals surface area contributed by atoms with Crippen LogP contribution in [0.25, 0.3) is 0 Å². The van der Waals surface area contributed by atoms with E-state index >= 15 is 0 Å². The highest BCUT2D eigenvalue weighted by molar-refractivity contribution is 5.43. The summed E-state index contributed by atoms with van der Waals surface area (Å²) < 4.78 is 0. The van der Waals surface area contributed by atoms with Crippen LogP contribution in [0.3, 0.4) is 0 Å². The van der Waals surface area contributed by atoms with Crippen LogP contribution in [-0.4, -0.2) is 11.2 Å². The minimum atomic E-state index is -0.369. The Hall–Kier alpha value is -1.08. The van der Waals surface area contributed by atoms with Crippen molar-refractivity contribution in [3.63, 3.8) is 0 Å². The SMILES string of the molecule is CCC1=CC(O)C2=C(C)C1/C(CCC/C(C)=C/CCC(C)C)=C\CCCC2C. The van der Waals surface area contributed by atoms with Crippen LogP contribution in [0.4, 0.5) is 0 Å². The summed E-state index contributed by atoms with van der Waals surface area (Å²) >= 11 is 0. The summed E-state index contributed by atoms with van der Waals surface area (Å²) in [5.41, 5.74) is 7.34. The normalized spacial score (nSPS) is 28.4. The Labute approximate surface area is 174 Å². The van der Waals surface area contributed by atoms with Gasteiger partial charge in [-0.15, -0.1) is 0 Å². The van der Waals surface area contributed by atoms with Crippen molar-refractivity contribution in [3.8, 4) is 0 Å². The van der Waals surface area contributed by atoms with Gasteiger partial charge in [0.05, 0.1) is 6.10 Å². The second-order valence-electron chi connectivity index (χ2n) is 9.60. The van der Waals surface area contributed by atoms with Crippen LogP contribution in [-0.2, 0) is 0 Å². The van der Waals surface area contributed by atoms with Gasteiger partial charge in [-0.3, -0.25) is 0 Å². The van der Waals surface area contributed by atoms with Gasteiger partial charge in [0.1, 0.15) is 0 Å². The van der Waals surface area contributed by atoms with Crippen molar-refractivity contribution in [1.82, 2.24) is 0 Å². The monoisotopic (exact) mass is 384 g/mol. The maximum atomic E-state index is 10.8. The number of aliphatic hydroxyl groups excluding tert-OH is 1. The molecule has 0 heterocycles. The molecular formula is C27H44O. The van der Waals surface area contributed by atoms with Gasteiger partial charge in [0.15, 0.2) is 0 Å². The summed E-state index contributed by atoms with van der Waals surface area (Å²) in [6.45, 7) is 13.7. The maximum absolute atomic E-state index is 10.8. The Kier molecular flexibility index (Phi) is 9.28. The molecule has 158 valence electrons. The number of hydrogen-bond acceptors (Lipinski definition) is 1. The van der Waals surface area contributed by atoms with Gasteiger partial charge in [0.25, 0.3) is 0 Å². The number of rotatable bonds is 8. The Balaban J connectivity index is 2.11. The lowest BCUT2D eigenvalue weighted by atomic mass is 9.72. The minimum absolute atomic E-state index is 0.369. The fraction of sp³-hybridized carbons (Fsp3) is 0.704. The molecule has 3 atom stereocenters. The summed E-state index contributed by atoms with van der Waals surface area (Å²) in [5.74, 6) is 1.72. The smallest absolute Gasteiger partial charge is 0.0940 e. The topological polar surface area (TPSA) is 20.2 Å². The second kappa shape index (κ2) is 11.2. The highest BCUT2D eigenvalue weighted by Gasteiger charge is 2.31. The molecule has 0 saturated heterocycles. The van der Waals surface area contributed by atoms with Crippen molar-refractivity contribution in [2.45, 2.75) is 105 Å². The fourth-order valence-corrected chi connectivity index (χ4v) is 5.15. The van der Waals surface area contributed by atoms with Gasteiger partial charge in [0.2, 0.25) is 0 Å². The molecule has 3 unspecified atom stereocenters. The molecule has 1 nitrogen and oxygen atoms in total. The van der Waals surface area contributed by atoms with E-state index in [1.54, 1.807) is 11.1 Å². The summed E-state index contributed by atoms with van der Waals surface area (Å²) in [6, 6.07) is 0. The van der Waals surface area contributed by atoms with E-state index in [2.05, 4.69) is 59.8 Å². The van der Waals surface area contributed by atoms with Gasteiger partial charge in [-0.2, -0.15) is 0 Å². The molecule has 0 fully saturated rings. The lowest BCUT2D eigenvalue weighted by molar-refractivity contribution is 0.235. The van der Waals surface area contributed by atoms with E-state index in [1.165, 1.54) is 68.1 Å². The van der Waals surface area contributed by atoms with E-state index in [4.69, 9.17) is 0 Å². The van der Waals surface area contributed by atoms with Crippen LogP contribution in [0.1, 0.15) is 99.3 Å². The highest BCUT2D eigenvalue weighted by Crippen LogP contribution is 2.43. The zero-order valence-electron chi connectivity index (χ0n) is 19.4. The molecule has 0 aliphatic heterocycles. The van der Waals surface area contributed by atoms with E-state index in [9.17, 15) is 5.11 Å². The Morgan fingerprint density at radius 1 is 1.29 bits per heavy atom. The summed E-state index contributed by atoms with van der Waals surface area (Å²) in [7, 11) is 0. The molecule has 2 aliphatic carbocycles. The third-order valence-corrected chi connectivity index (χ3v) is 6.78. The number of fused-ring (bicyclic) bond motifs is 1. The van der Waals surface area contributed by atoms with E-state index in [1.807, 2.05) is 0 Å². The predicted octanol–water partition coefficient (Wildman–Crippen LogP) is 7.93. The van der Waals surface area contributed by atoms with Crippen molar-refractivity contribution < 1.29 is 5.11 Å². The first-order valence-electron chi connectivity index (χ1n) is 11.8. The third kappa shape index (κ3) is 6.21. The van der Waals surface area contributed by atoms with Gasteiger partial charge in [0, 0.05) is 5.92 Å². The van der Waals surface area contributed by atoms with Gasteiger partial charge in [-0.25, -0.2) is 0 Å². The molecule has 0 saturated carbocycles. The lowest BCUT2D eigenvalue weighted by Crippen LogP contribution is -2.26. The molecule has 28 heavy (non-hydrogen) atoms. The Morgan fingerprint density at radius 3 is 2.71 bits per heavy atom. The average molecular weight is 385 g/mol. The van der Waals surface area contributed by atoms with Gasteiger partial charge in [-0.1, -0.05) is 68.2 Å². The summed E-state index contributed by atoms with van der Waals surface area (Å²) in [5, 5.41) is 10.8. The molecule has 2 aliphatic rings. The van der Waals surface area contributed by atoms with Gasteiger partial charge < -0.3 is 5.11 Å². The van der Waals surface area contributed by atoms with Gasteiger partial charge >= 0.3 is 0 Å². The van der Waals surface area contributed by atoms with E-state index in [0.717, 1.165) is 12.3 Å². The van der Waals surface area contributed by atoms with Crippen molar-refractivity contribution in [2.24, 2.45) is 17.8 Å². The van der Waals surface area contributed by atoms with Crippen LogP contribution in [0.15, 0.2) is 46.1 Å². The van der Waals surface area contributed by atoms with Crippen molar-refractivity contribution in [3.05, 3.63) is 46.1 Å². The Morgan fingerprint density at radius 2 is 2.04 bits per heavy atom. The number of aliphatic hydroxyl groups is 1. The van der Waals surface area contributed by atoms with E-state index in [-0.39, 0.29) is 6.10 Å². The molecule has 0 aromatic carbocycles. The van der Waals surface area contributed by atoms with Crippen LogP contribution in [0, 0.1) is 17.8 Å². The molecule has 0 aromatic heterocycles. The molecule has 0 aromatic rings. The molecule has 2 bridgehead atoms. The molecule has 1 heteroatoms. The zero-order chi connectivity index (χ0) is 20.7. The maximum Gasteiger partial charge on any atom is 0.0940 e. The van der Waals surface area contributed by atoms with Crippen LogP contribution < -0.4 is 0 Å². The Bertz CT molecular complexity index is 629. The quantitative estimate of drug-likeness (QED) is 0.421. The van der Waals surface area contributed by atoms with Gasteiger partial charge in [-0.05, 0) is 89.0 Å². The average Bonchev–Trinajstić information content (AvgIpc) is 2.66. The summed E-state index contributed by atoms with van der Waals surface area (Å²) in [6.07, 6.45) is 17.6. The van der Waals surface area contributed by atoms with E-state index < -0.39 is 0 Å². The largest absolute Gasteiger partial charge is 0.385 e. The molecule has 1 N–H and O–H groups in total. The zero-order valence-corrected chi connectivity index (χ0v) is 19.4. The fourth-order valence-electron chi connectivity index (χ4n) is 5.15. The van der Waals surface area contributed by atoms with Crippen molar-refractivity contribution in [1.29, 1.82) is 0 Å². The third-order valence-electron chi connectivity index (χ3n) is 6.78. The van der Waals surface area contributed by atoms with Crippen LogP contribution >= 0.6 is 0 Å². The van der Waals surface area contributed by atoms with Crippen molar-refractivity contribution >= 4 is 0 Å². The molecule has 0 amide bonds. The second-order valence-corrected chi connectivity index (χ2v) is 9.60. The molecular weight excluding hydrogens is 340 g/mol. The van der Waals surface area contributed by atoms with Crippen molar-refractivity contribution in [2.75, 3.05) is 0 Å². The van der Waals surface area contributed by atoms with E-state index in [0.29, 0.717) is 11.8 Å².